The number of fused-ring (bicyclic) bond motifs is 12. The highest BCUT2D eigenvalue weighted by atomic mass is 15.1. The van der Waals surface area contributed by atoms with Gasteiger partial charge in [-0.15, -0.1) is 0 Å². The average Bonchev–Trinajstić information content (AvgIpc) is 1.09. The van der Waals surface area contributed by atoms with E-state index in [2.05, 4.69) is 396 Å². The van der Waals surface area contributed by atoms with Gasteiger partial charge in [0.05, 0.1) is 0 Å². The van der Waals surface area contributed by atoms with Gasteiger partial charge in [0.2, 0.25) is 0 Å². The Kier molecular flexibility index (Phi) is 19.0. The van der Waals surface area contributed by atoms with Crippen molar-refractivity contribution >= 4 is 77.7 Å². The molecule has 0 radical (unpaired) electrons. The van der Waals surface area contributed by atoms with E-state index in [0.29, 0.717) is 0 Å². The Morgan fingerprint density at radius 3 is 0.981 bits per heavy atom. The van der Waals surface area contributed by atoms with E-state index >= 15 is 0 Å². The first kappa shape index (κ1) is 74.1. The lowest BCUT2D eigenvalue weighted by molar-refractivity contribution is -0.00273. The second kappa shape index (κ2) is 27.2. The number of nitrogens with zero attached hydrogens (tertiary/aromatic N) is 5. The molecule has 4 bridgehead atoms. The molecule has 0 spiro atoms. The van der Waals surface area contributed by atoms with Crippen LogP contribution in [0.15, 0.2) is 212 Å². The lowest BCUT2D eigenvalue weighted by Crippen LogP contribution is -2.43. The molecule has 7 aliphatic rings. The second-order valence-electron chi connectivity index (χ2n) is 37.9. The van der Waals surface area contributed by atoms with Gasteiger partial charge in [0.1, 0.15) is 0 Å². The van der Waals surface area contributed by atoms with Crippen LogP contribution in [-0.4, -0.2) is 30.3 Å². The Morgan fingerprint density at radius 2 is 0.604 bits per heavy atom. The SMILES string of the molecule is CCC(C)(C)c1ccc2c(c1)c1ccccc1n2C.CN1c2ccc(C(C)(C)C)cc2C(C)(C)c2cc(C(C)(C)C)ccc21.CN1c2ccccc2C(C)(C)c2cc(C(C)(C)C)ccc21.CN1c2ccccc2C(C)(C)c2ccccc21.Cn1c2ccccc2c2cc(C3C4CC5CC(C4)CC3C5)ccc21. The van der Waals surface area contributed by atoms with Crippen molar-refractivity contribution in [3.63, 3.8) is 0 Å². The maximum Gasteiger partial charge on any atom is 0.0488 e. The molecule has 106 heavy (non-hydrogen) atoms. The van der Waals surface area contributed by atoms with Crippen LogP contribution in [-0.2, 0) is 52.0 Å². The van der Waals surface area contributed by atoms with Crippen molar-refractivity contribution in [3.8, 4) is 0 Å². The molecule has 0 amide bonds. The molecular formula is C101H121N5. The molecule has 3 aliphatic heterocycles. The molecule has 4 fully saturated rings. The van der Waals surface area contributed by atoms with E-state index < -0.39 is 0 Å². The summed E-state index contributed by atoms with van der Waals surface area (Å²) in [5.41, 5.74) is 29.9. The third kappa shape index (κ3) is 13.1. The van der Waals surface area contributed by atoms with Crippen molar-refractivity contribution in [3.05, 3.63) is 274 Å². The smallest absolute Gasteiger partial charge is 0.0488 e. The Balaban J connectivity index is 0.000000112. The second-order valence-corrected chi connectivity index (χ2v) is 37.9. The van der Waals surface area contributed by atoms with Gasteiger partial charge in [0.15, 0.2) is 0 Å². The molecule has 0 atom stereocenters. The summed E-state index contributed by atoms with van der Waals surface area (Å²) in [6.45, 7) is 41.5. The normalized spacial score (nSPS) is 19.8. The molecule has 2 aromatic heterocycles. The first-order chi connectivity index (χ1) is 50.0. The third-order valence-corrected chi connectivity index (χ3v) is 26.6. The van der Waals surface area contributed by atoms with Crippen molar-refractivity contribution in [2.75, 3.05) is 35.8 Å². The van der Waals surface area contributed by atoms with Gasteiger partial charge in [0, 0.05) is 129 Å². The van der Waals surface area contributed by atoms with Crippen LogP contribution in [0.4, 0.5) is 34.1 Å². The molecule has 12 aromatic rings. The van der Waals surface area contributed by atoms with Gasteiger partial charge in [0.25, 0.3) is 0 Å². The van der Waals surface area contributed by atoms with E-state index in [4.69, 9.17) is 0 Å². The van der Waals surface area contributed by atoms with E-state index in [0.717, 1.165) is 36.0 Å². The average molecular weight is 1410 g/mol. The minimum absolute atomic E-state index is 0.000301. The van der Waals surface area contributed by atoms with Gasteiger partial charge in [-0.25, -0.2) is 0 Å². The lowest BCUT2D eigenvalue weighted by Gasteiger charge is -2.54. The number of benzene rings is 10. The molecule has 550 valence electrons. The van der Waals surface area contributed by atoms with E-state index in [1.807, 2.05) is 0 Å². The number of aryl methyl sites for hydroxylation is 2. The summed E-state index contributed by atoms with van der Waals surface area (Å²) in [5.74, 6) is 4.89. The standard InChI is InChI=1S/C24H33N.C23H25N.C20H25N.C18H21N.C16H17N/c1-22(2,3)16-10-12-20-18(14-16)24(7,8)19-15-17(23(4,5)6)11-13-21(19)25(20)9;1-24-21-5-3-2-4-19(21)20-13-16(6-7-22(20)24)23-17-9-14-8-15(11-17)12-18(23)10-14;1-19(2,3)14-11-12-18-16(13-14)20(4,5)15-9-7-8-10-17(15)21(18)6;1-5-18(2,3)13-10-11-17-15(12-13)14-8-6-7-9-16(14)19(17)4;1-16(2)12-8-4-6-10-14(12)17(3)15-11-7-5-9-13(15)16/h10-15H,1-9H3;2-7,13-15,17-18,23H,8-12H2,1H3;7-13H,1-6H3;6-12H,5H2,1-4H3;4-11H,1-3H3. The predicted octanol–water partition coefficient (Wildman–Crippen LogP) is 27.1. The van der Waals surface area contributed by atoms with Gasteiger partial charge in [-0.05, 0) is 224 Å². The summed E-state index contributed by atoms with van der Waals surface area (Å²) in [7, 11) is 10.9. The molecule has 0 saturated heterocycles. The van der Waals surface area contributed by atoms with E-state index in [1.165, 1.54) is 159 Å². The molecule has 4 aliphatic carbocycles. The first-order valence-electron chi connectivity index (χ1n) is 39.9. The molecule has 5 nitrogen and oxygen atoms in total. The van der Waals surface area contributed by atoms with Gasteiger partial charge in [-0.1, -0.05) is 264 Å². The van der Waals surface area contributed by atoms with Crippen molar-refractivity contribution < 1.29 is 0 Å². The van der Waals surface area contributed by atoms with Crippen molar-refractivity contribution in [1.29, 1.82) is 0 Å². The summed E-state index contributed by atoms with van der Waals surface area (Å²) in [5, 5.41) is 5.60. The van der Waals surface area contributed by atoms with E-state index in [-0.39, 0.29) is 37.9 Å². The molecule has 19 rings (SSSR count). The fourth-order valence-corrected chi connectivity index (χ4v) is 19.8. The fraction of sp³-hybridized carbons (Fsp3) is 0.406. The molecule has 5 heteroatoms. The zero-order valence-electron chi connectivity index (χ0n) is 68.6. The number of para-hydroxylation sites is 5. The van der Waals surface area contributed by atoms with Crippen LogP contribution in [0.1, 0.15) is 230 Å². The summed E-state index contributed by atoms with van der Waals surface area (Å²) in [4.78, 5) is 6.97. The molecule has 0 N–H and O–H groups in total. The summed E-state index contributed by atoms with van der Waals surface area (Å²) < 4.78 is 4.64. The number of rotatable bonds is 3. The third-order valence-electron chi connectivity index (χ3n) is 26.6. The molecular weight excluding hydrogens is 1280 g/mol. The highest BCUT2D eigenvalue weighted by Gasteiger charge is 2.49. The van der Waals surface area contributed by atoms with Crippen LogP contribution in [0.2, 0.25) is 0 Å². The first-order valence-corrected chi connectivity index (χ1v) is 39.9. The number of hydrogen-bond acceptors (Lipinski definition) is 3. The van der Waals surface area contributed by atoms with Crippen LogP contribution in [0, 0.1) is 23.7 Å². The van der Waals surface area contributed by atoms with Crippen molar-refractivity contribution in [2.45, 2.75) is 207 Å². The highest BCUT2D eigenvalue weighted by molar-refractivity contribution is 6.09. The van der Waals surface area contributed by atoms with Crippen LogP contribution >= 0.6 is 0 Å². The van der Waals surface area contributed by atoms with E-state index in [1.54, 1.807) is 12.0 Å². The molecule has 4 saturated carbocycles. The Bertz CT molecular complexity index is 5140. The maximum absolute atomic E-state index is 2.55. The quantitative estimate of drug-likeness (QED) is 0.176. The number of aromatic nitrogens is 2. The molecule has 0 unspecified atom stereocenters. The minimum atomic E-state index is -0.000301. The zero-order chi connectivity index (χ0) is 75.7. The summed E-state index contributed by atoms with van der Waals surface area (Å²) in [6.07, 6.45) is 8.72. The van der Waals surface area contributed by atoms with Crippen molar-refractivity contribution in [2.24, 2.45) is 37.8 Å². The highest BCUT2D eigenvalue weighted by Crippen LogP contribution is 2.61. The topological polar surface area (TPSA) is 19.6 Å². The lowest BCUT2D eigenvalue weighted by atomic mass is 9.51. The Hall–Kier alpha value is -8.80. The number of hydrogen-bond donors (Lipinski definition) is 0. The predicted molar refractivity (Wildman–Crippen MR) is 459 cm³/mol. The Morgan fingerprint density at radius 1 is 0.302 bits per heavy atom. The zero-order valence-corrected chi connectivity index (χ0v) is 68.6. The fourth-order valence-electron chi connectivity index (χ4n) is 19.8. The summed E-state index contributed by atoms with van der Waals surface area (Å²) in [6, 6.07) is 79.0. The Labute approximate surface area is 637 Å². The van der Waals surface area contributed by atoms with Gasteiger partial charge in [-0.3, -0.25) is 0 Å². The summed E-state index contributed by atoms with van der Waals surface area (Å²) >= 11 is 0. The largest absolute Gasteiger partial charge is 0.344 e. The number of anilines is 6. The van der Waals surface area contributed by atoms with E-state index in [9.17, 15) is 0 Å². The van der Waals surface area contributed by atoms with Gasteiger partial charge >= 0.3 is 0 Å². The van der Waals surface area contributed by atoms with Crippen LogP contribution in [0.5, 0.6) is 0 Å². The van der Waals surface area contributed by atoms with Crippen LogP contribution in [0.25, 0.3) is 43.6 Å². The minimum Gasteiger partial charge on any atom is -0.344 e. The molecule has 5 heterocycles. The maximum atomic E-state index is 2.55. The van der Waals surface area contributed by atoms with Crippen molar-refractivity contribution in [1.82, 2.24) is 9.13 Å². The van der Waals surface area contributed by atoms with Crippen LogP contribution in [0.3, 0.4) is 0 Å². The molecule has 10 aromatic carbocycles. The van der Waals surface area contributed by atoms with Gasteiger partial charge < -0.3 is 23.8 Å². The monoisotopic (exact) mass is 1400 g/mol. The van der Waals surface area contributed by atoms with Crippen LogP contribution < -0.4 is 14.7 Å². The van der Waals surface area contributed by atoms with Gasteiger partial charge in [-0.2, -0.15) is 0 Å².